The second-order valence-corrected chi connectivity index (χ2v) is 5.11. The van der Waals surface area contributed by atoms with Crippen LogP contribution in [-0.4, -0.2) is 20.2 Å². The van der Waals surface area contributed by atoms with Crippen LogP contribution in [0.1, 0.15) is 5.56 Å². The van der Waals surface area contributed by atoms with E-state index in [1.807, 2.05) is 12.1 Å². The Morgan fingerprint density at radius 3 is 2.48 bits per heavy atom. The van der Waals surface area contributed by atoms with E-state index in [4.69, 9.17) is 14.2 Å². The molecule has 0 N–H and O–H groups in total. The summed E-state index contributed by atoms with van der Waals surface area (Å²) in [5.41, 5.74) is 0.746. The summed E-state index contributed by atoms with van der Waals surface area (Å²) < 4.78 is 16.5. The summed E-state index contributed by atoms with van der Waals surface area (Å²) in [5.74, 6) is 1.41. The van der Waals surface area contributed by atoms with Crippen LogP contribution in [0.2, 0.25) is 0 Å². The molecule has 4 nitrogen and oxygen atoms in total. The summed E-state index contributed by atoms with van der Waals surface area (Å²) in [6.07, 6.45) is 0.120. The molecule has 5 heteroatoms. The largest absolute Gasteiger partial charge is 0.497 e. The molecule has 0 unspecified atom stereocenters. The summed E-state index contributed by atoms with van der Waals surface area (Å²) in [5, 5.41) is 0. The molecule has 21 heavy (non-hydrogen) atoms. The van der Waals surface area contributed by atoms with Gasteiger partial charge in [-0.25, -0.2) is 0 Å². The first kappa shape index (κ1) is 15.4. The van der Waals surface area contributed by atoms with Crippen molar-refractivity contribution in [3.63, 3.8) is 0 Å². The topological polar surface area (TPSA) is 44.8 Å². The van der Waals surface area contributed by atoms with Gasteiger partial charge in [-0.05, 0) is 34.1 Å². The third kappa shape index (κ3) is 3.98. The summed E-state index contributed by atoms with van der Waals surface area (Å²) in [6.45, 7) is 0. The smallest absolute Gasteiger partial charge is 0.315 e. The van der Waals surface area contributed by atoms with Crippen LogP contribution in [0, 0.1) is 0 Å². The predicted octanol–water partition coefficient (Wildman–Crippen LogP) is 3.61. The number of para-hydroxylation sites is 1. The van der Waals surface area contributed by atoms with Gasteiger partial charge in [-0.1, -0.05) is 18.2 Å². The molecular weight excluding hydrogens is 336 g/mol. The number of benzene rings is 2. The van der Waals surface area contributed by atoms with Crippen molar-refractivity contribution in [2.24, 2.45) is 0 Å². The lowest BCUT2D eigenvalue weighted by atomic mass is 10.1. The molecule has 0 radical (unpaired) electrons. The van der Waals surface area contributed by atoms with Gasteiger partial charge in [-0.15, -0.1) is 0 Å². The fraction of sp³-hybridized carbons (Fsp3) is 0.188. The van der Waals surface area contributed by atoms with E-state index in [-0.39, 0.29) is 12.4 Å². The zero-order valence-electron chi connectivity index (χ0n) is 11.8. The van der Waals surface area contributed by atoms with Crippen molar-refractivity contribution < 1.29 is 19.0 Å². The highest BCUT2D eigenvalue weighted by Gasteiger charge is 2.13. The van der Waals surface area contributed by atoms with E-state index in [0.29, 0.717) is 17.2 Å². The maximum absolute atomic E-state index is 12.0. The molecule has 0 spiro atoms. The summed E-state index contributed by atoms with van der Waals surface area (Å²) in [7, 11) is 3.13. The molecule has 0 fully saturated rings. The molecule has 110 valence electrons. The van der Waals surface area contributed by atoms with Gasteiger partial charge in [0, 0.05) is 11.6 Å². The molecule has 0 atom stereocenters. The van der Waals surface area contributed by atoms with Crippen LogP contribution >= 0.6 is 15.9 Å². The zero-order valence-corrected chi connectivity index (χ0v) is 13.3. The summed E-state index contributed by atoms with van der Waals surface area (Å²) >= 11 is 3.34. The minimum absolute atomic E-state index is 0.120. The SMILES string of the molecule is COc1ccc(CC(=O)Oc2ccccc2Br)c(OC)c1. The number of hydrogen-bond acceptors (Lipinski definition) is 4. The molecule has 0 amide bonds. The quantitative estimate of drug-likeness (QED) is 0.610. The van der Waals surface area contributed by atoms with Crippen LogP contribution in [0.4, 0.5) is 0 Å². The third-order valence-electron chi connectivity index (χ3n) is 2.89. The molecule has 0 aliphatic heterocycles. The number of hydrogen-bond donors (Lipinski definition) is 0. The number of ether oxygens (including phenoxy) is 3. The molecule has 0 bridgehead atoms. The second kappa shape index (κ2) is 7.13. The Hall–Kier alpha value is -2.01. The summed E-state index contributed by atoms with van der Waals surface area (Å²) in [6, 6.07) is 12.5. The number of halogens is 1. The highest BCUT2D eigenvalue weighted by Crippen LogP contribution is 2.27. The molecule has 0 saturated carbocycles. The maximum Gasteiger partial charge on any atom is 0.315 e. The first-order chi connectivity index (χ1) is 10.1. The van der Waals surface area contributed by atoms with Crippen LogP contribution in [0.5, 0.6) is 17.2 Å². The van der Waals surface area contributed by atoms with Crippen molar-refractivity contribution in [1.82, 2.24) is 0 Å². The van der Waals surface area contributed by atoms with E-state index in [1.54, 1.807) is 44.6 Å². The van der Waals surface area contributed by atoms with Gasteiger partial charge in [0.05, 0.1) is 25.1 Å². The predicted molar refractivity (Wildman–Crippen MR) is 83.0 cm³/mol. The van der Waals surface area contributed by atoms with Gasteiger partial charge in [-0.2, -0.15) is 0 Å². The van der Waals surface area contributed by atoms with Crippen molar-refractivity contribution in [2.45, 2.75) is 6.42 Å². The van der Waals surface area contributed by atoms with E-state index >= 15 is 0 Å². The Balaban J connectivity index is 2.11. The molecule has 0 aliphatic carbocycles. The van der Waals surface area contributed by atoms with Gasteiger partial charge in [0.2, 0.25) is 0 Å². The van der Waals surface area contributed by atoms with Crippen LogP contribution in [0.25, 0.3) is 0 Å². The fourth-order valence-electron chi connectivity index (χ4n) is 1.84. The van der Waals surface area contributed by atoms with Crippen molar-refractivity contribution in [1.29, 1.82) is 0 Å². The van der Waals surface area contributed by atoms with Crippen LogP contribution < -0.4 is 14.2 Å². The van der Waals surface area contributed by atoms with E-state index in [9.17, 15) is 4.79 Å². The van der Waals surface area contributed by atoms with Gasteiger partial charge >= 0.3 is 5.97 Å². The van der Waals surface area contributed by atoms with Gasteiger partial charge < -0.3 is 14.2 Å². The minimum atomic E-state index is -0.356. The molecular formula is C16H15BrO4. The lowest BCUT2D eigenvalue weighted by Crippen LogP contribution is -2.12. The molecule has 0 heterocycles. The number of esters is 1. The van der Waals surface area contributed by atoms with Gasteiger partial charge in [0.15, 0.2) is 0 Å². The molecule has 2 rings (SSSR count). The Kier molecular flexibility index (Phi) is 5.22. The standard InChI is InChI=1S/C16H15BrO4/c1-19-12-8-7-11(15(10-12)20-2)9-16(18)21-14-6-4-3-5-13(14)17/h3-8,10H,9H2,1-2H3. The van der Waals surface area contributed by atoms with Crippen molar-refractivity contribution in [3.05, 3.63) is 52.5 Å². The number of carbonyl (C=O) groups is 1. The van der Waals surface area contributed by atoms with Crippen LogP contribution in [0.15, 0.2) is 46.9 Å². The Labute approximate surface area is 131 Å². The van der Waals surface area contributed by atoms with E-state index in [1.165, 1.54) is 0 Å². The van der Waals surface area contributed by atoms with Crippen molar-refractivity contribution >= 4 is 21.9 Å². The van der Waals surface area contributed by atoms with Gasteiger partial charge in [-0.3, -0.25) is 4.79 Å². The highest BCUT2D eigenvalue weighted by atomic mass is 79.9. The molecule has 0 aliphatic rings. The van der Waals surface area contributed by atoms with Gasteiger partial charge in [0.25, 0.3) is 0 Å². The number of methoxy groups -OCH3 is 2. The fourth-order valence-corrected chi connectivity index (χ4v) is 2.21. The van der Waals surface area contributed by atoms with E-state index in [2.05, 4.69) is 15.9 Å². The third-order valence-corrected chi connectivity index (χ3v) is 3.54. The first-order valence-corrected chi connectivity index (χ1v) is 7.09. The minimum Gasteiger partial charge on any atom is -0.497 e. The van der Waals surface area contributed by atoms with Crippen molar-refractivity contribution in [3.8, 4) is 17.2 Å². The Morgan fingerprint density at radius 2 is 1.81 bits per heavy atom. The second-order valence-electron chi connectivity index (χ2n) is 4.26. The molecule has 0 aromatic heterocycles. The van der Waals surface area contributed by atoms with E-state index < -0.39 is 0 Å². The zero-order chi connectivity index (χ0) is 15.2. The van der Waals surface area contributed by atoms with Crippen LogP contribution in [0.3, 0.4) is 0 Å². The molecule has 0 saturated heterocycles. The normalized spacial score (nSPS) is 10.0. The number of rotatable bonds is 5. The molecule has 2 aromatic carbocycles. The first-order valence-electron chi connectivity index (χ1n) is 6.30. The molecule has 2 aromatic rings. The highest BCUT2D eigenvalue weighted by molar-refractivity contribution is 9.10. The van der Waals surface area contributed by atoms with Gasteiger partial charge in [0.1, 0.15) is 17.2 Å². The lowest BCUT2D eigenvalue weighted by Gasteiger charge is -2.10. The summed E-state index contributed by atoms with van der Waals surface area (Å²) in [4.78, 5) is 12.0. The van der Waals surface area contributed by atoms with E-state index in [0.717, 1.165) is 10.0 Å². The Morgan fingerprint density at radius 1 is 1.05 bits per heavy atom. The van der Waals surface area contributed by atoms with Crippen LogP contribution in [-0.2, 0) is 11.2 Å². The number of carbonyl (C=O) groups excluding carboxylic acids is 1. The average Bonchev–Trinajstić information content (AvgIpc) is 2.50. The average molecular weight is 351 g/mol. The monoisotopic (exact) mass is 350 g/mol. The van der Waals surface area contributed by atoms with Crippen molar-refractivity contribution in [2.75, 3.05) is 14.2 Å². The maximum atomic E-state index is 12.0. The lowest BCUT2D eigenvalue weighted by molar-refractivity contribution is -0.133. The Bertz CT molecular complexity index is 640.